The molecular formula is C20H20N4O9. The molecule has 1 aromatic rings. The fourth-order valence-corrected chi connectivity index (χ4v) is 3.28. The van der Waals surface area contributed by atoms with Crippen LogP contribution in [0.4, 0.5) is 5.69 Å². The van der Waals surface area contributed by atoms with E-state index in [4.69, 9.17) is 14.7 Å². The van der Waals surface area contributed by atoms with Crippen molar-refractivity contribution in [3.63, 3.8) is 0 Å². The van der Waals surface area contributed by atoms with Gasteiger partial charge in [-0.25, -0.2) is 9.59 Å². The van der Waals surface area contributed by atoms with Crippen molar-refractivity contribution in [2.75, 3.05) is 19.8 Å². The van der Waals surface area contributed by atoms with E-state index in [2.05, 4.69) is 10.2 Å². The lowest BCUT2D eigenvalue weighted by atomic mass is 9.80. The molecule has 0 spiro atoms. The summed E-state index contributed by atoms with van der Waals surface area (Å²) in [5.41, 5.74) is 0.634. The third-order valence-electron chi connectivity index (χ3n) is 4.57. The number of hydrogen-bond acceptors (Lipinski definition) is 11. The maximum atomic E-state index is 12.9. The van der Waals surface area contributed by atoms with Crippen LogP contribution >= 0.6 is 0 Å². The molecule has 1 aliphatic rings. The van der Waals surface area contributed by atoms with E-state index in [1.54, 1.807) is 13.8 Å². The number of nitrogens with zero attached hydrogens (tertiary/aromatic N) is 3. The zero-order chi connectivity index (χ0) is 24.5. The molecule has 33 heavy (non-hydrogen) atoms. The van der Waals surface area contributed by atoms with Crippen molar-refractivity contribution in [1.82, 2.24) is 5.32 Å². The highest BCUT2D eigenvalue weighted by Gasteiger charge is 2.38. The van der Waals surface area contributed by atoms with Crippen LogP contribution in [-0.2, 0) is 23.9 Å². The summed E-state index contributed by atoms with van der Waals surface area (Å²) in [4.78, 5) is 50.8. The Bertz CT molecular complexity index is 1070. The molecule has 0 radical (unpaired) electrons. The Morgan fingerprint density at radius 3 is 2.21 bits per heavy atom. The number of esters is 2. The highest BCUT2D eigenvalue weighted by atomic mass is 17.0. The van der Waals surface area contributed by atoms with E-state index in [0.717, 1.165) is 0 Å². The number of benzene rings is 1. The van der Waals surface area contributed by atoms with Gasteiger partial charge in [0.05, 0.1) is 34.5 Å². The largest absolute Gasteiger partial charge is 0.461 e. The van der Waals surface area contributed by atoms with Crippen molar-refractivity contribution >= 4 is 17.6 Å². The van der Waals surface area contributed by atoms with Gasteiger partial charge in [0.1, 0.15) is 19.8 Å². The number of allylic oxidation sites excluding steroid dienone is 2. The summed E-state index contributed by atoms with van der Waals surface area (Å²) in [6.07, 6.45) is -0.0484. The molecular weight excluding hydrogens is 440 g/mol. The molecule has 174 valence electrons. The molecule has 1 atom stereocenters. The predicted molar refractivity (Wildman–Crippen MR) is 109 cm³/mol. The Morgan fingerprint density at radius 2 is 1.67 bits per heavy atom. The van der Waals surface area contributed by atoms with Crippen molar-refractivity contribution in [3.05, 3.63) is 72.6 Å². The summed E-state index contributed by atoms with van der Waals surface area (Å²) in [6, 6.07) is 7.25. The lowest BCUT2D eigenvalue weighted by Crippen LogP contribution is -2.33. The Kier molecular flexibility index (Phi) is 8.44. The van der Waals surface area contributed by atoms with Crippen molar-refractivity contribution in [1.29, 1.82) is 5.26 Å². The van der Waals surface area contributed by atoms with Gasteiger partial charge >= 0.3 is 11.9 Å². The molecule has 1 unspecified atom stereocenters. The summed E-state index contributed by atoms with van der Waals surface area (Å²) in [7, 11) is 0. The highest BCUT2D eigenvalue weighted by molar-refractivity contribution is 6.00. The van der Waals surface area contributed by atoms with Gasteiger partial charge in [-0.3, -0.25) is 10.1 Å². The van der Waals surface area contributed by atoms with Crippen LogP contribution in [0.15, 0.2) is 46.8 Å². The number of nitrogens with one attached hydrogen (secondary N) is 1. The van der Waals surface area contributed by atoms with E-state index in [9.17, 15) is 29.8 Å². The number of hydrogen-bond donors (Lipinski definition) is 1. The molecule has 0 saturated heterocycles. The summed E-state index contributed by atoms with van der Waals surface area (Å²) in [5.74, 6) is -2.82. The molecule has 1 aliphatic heterocycles. The topological polar surface area (TPSA) is 184 Å². The van der Waals surface area contributed by atoms with Crippen molar-refractivity contribution < 1.29 is 33.9 Å². The van der Waals surface area contributed by atoms with Gasteiger partial charge < -0.3 is 19.6 Å². The maximum absolute atomic E-state index is 12.9. The Labute approximate surface area is 187 Å². The average molecular weight is 460 g/mol. The van der Waals surface area contributed by atoms with E-state index in [-0.39, 0.29) is 35.4 Å². The molecule has 13 heteroatoms. The third kappa shape index (κ3) is 6.26. The first kappa shape index (κ1) is 24.8. The van der Waals surface area contributed by atoms with Crippen molar-refractivity contribution in [3.8, 4) is 6.07 Å². The number of carbonyl (C=O) groups excluding carboxylic acids is 2. The summed E-state index contributed by atoms with van der Waals surface area (Å²) >= 11 is 0. The van der Waals surface area contributed by atoms with Crippen LogP contribution in [0, 0.1) is 31.6 Å². The third-order valence-corrected chi connectivity index (χ3v) is 4.57. The van der Waals surface area contributed by atoms with Gasteiger partial charge in [0.25, 0.3) is 10.8 Å². The van der Waals surface area contributed by atoms with E-state index in [0.29, 0.717) is 11.4 Å². The van der Waals surface area contributed by atoms with Gasteiger partial charge in [-0.15, -0.1) is 10.1 Å². The number of nitro benzene ring substituents is 1. The number of dihydropyridines is 1. The van der Waals surface area contributed by atoms with E-state index >= 15 is 0 Å². The maximum Gasteiger partial charge on any atom is 0.336 e. The lowest BCUT2D eigenvalue weighted by molar-refractivity contribution is -0.757. The fraction of sp³-hybridized carbons (Fsp3) is 0.350. The minimum atomic E-state index is -1.09. The summed E-state index contributed by atoms with van der Waals surface area (Å²) in [6.45, 7) is 1.99. The van der Waals surface area contributed by atoms with Crippen LogP contribution in [0.5, 0.6) is 0 Å². The lowest BCUT2D eigenvalue weighted by Gasteiger charge is -2.30. The molecule has 2 rings (SSSR count). The second-order valence-electron chi connectivity index (χ2n) is 6.72. The number of non-ortho nitro benzene ring substituents is 1. The van der Waals surface area contributed by atoms with Crippen molar-refractivity contribution in [2.24, 2.45) is 0 Å². The SMILES string of the molecule is CC1=C(C(=O)OCCC#N)C(c2cccc([N+](=O)[O-])c2)C(C(=O)OCCO[N+](=O)[O-])=C(C)N1. The number of nitro groups is 1. The zero-order valence-electron chi connectivity index (χ0n) is 17.7. The molecule has 0 aliphatic carbocycles. The van der Waals surface area contributed by atoms with Crippen LogP contribution in [-0.4, -0.2) is 41.8 Å². The number of ether oxygens (including phenoxy) is 2. The minimum absolute atomic E-state index is 0.00697. The van der Waals surface area contributed by atoms with Crippen molar-refractivity contribution in [2.45, 2.75) is 26.2 Å². The first-order valence-corrected chi connectivity index (χ1v) is 9.58. The number of rotatable bonds is 10. The van der Waals surface area contributed by atoms with Crippen LogP contribution in [0.25, 0.3) is 0 Å². The monoisotopic (exact) mass is 460 g/mol. The molecule has 0 fully saturated rings. The molecule has 0 saturated carbocycles. The van der Waals surface area contributed by atoms with Crippen LogP contribution in [0.1, 0.15) is 31.7 Å². The van der Waals surface area contributed by atoms with E-state index < -0.39 is 41.1 Å². The quantitative estimate of drug-likeness (QED) is 0.233. The number of nitriles is 1. The van der Waals surface area contributed by atoms with Gasteiger partial charge in [-0.1, -0.05) is 12.1 Å². The molecule has 0 bridgehead atoms. The second-order valence-corrected chi connectivity index (χ2v) is 6.72. The predicted octanol–water partition coefficient (Wildman–Crippen LogP) is 2.04. The van der Waals surface area contributed by atoms with Gasteiger partial charge in [-0.05, 0) is 19.4 Å². The fourth-order valence-electron chi connectivity index (χ4n) is 3.28. The molecule has 0 amide bonds. The number of carbonyl (C=O) groups is 2. The second kappa shape index (κ2) is 11.2. The highest BCUT2D eigenvalue weighted by Crippen LogP contribution is 2.40. The Hall–Kier alpha value is -4.47. The van der Waals surface area contributed by atoms with E-state index in [1.165, 1.54) is 24.3 Å². The molecule has 13 nitrogen and oxygen atoms in total. The van der Waals surface area contributed by atoms with Gasteiger partial charge in [0, 0.05) is 23.5 Å². The van der Waals surface area contributed by atoms with Gasteiger partial charge in [0.15, 0.2) is 0 Å². The normalized spacial score (nSPS) is 15.2. The van der Waals surface area contributed by atoms with E-state index in [1.807, 2.05) is 6.07 Å². The zero-order valence-corrected chi connectivity index (χ0v) is 17.7. The minimum Gasteiger partial charge on any atom is -0.461 e. The van der Waals surface area contributed by atoms with Crippen LogP contribution in [0.3, 0.4) is 0 Å². The van der Waals surface area contributed by atoms with Crippen LogP contribution in [0.2, 0.25) is 0 Å². The van der Waals surface area contributed by atoms with Gasteiger partial charge in [-0.2, -0.15) is 5.26 Å². The smallest absolute Gasteiger partial charge is 0.336 e. The van der Waals surface area contributed by atoms with Crippen LogP contribution < -0.4 is 5.32 Å². The Balaban J connectivity index is 2.48. The molecule has 1 heterocycles. The summed E-state index contributed by atoms with van der Waals surface area (Å²) < 4.78 is 10.2. The molecule has 0 aromatic heterocycles. The molecule has 1 N–H and O–H groups in total. The average Bonchev–Trinajstić information content (AvgIpc) is 2.76. The Morgan fingerprint density at radius 1 is 1.06 bits per heavy atom. The first-order valence-electron chi connectivity index (χ1n) is 9.58. The first-order chi connectivity index (χ1) is 15.7. The molecule has 1 aromatic carbocycles. The van der Waals surface area contributed by atoms with Gasteiger partial charge in [0.2, 0.25) is 0 Å². The standard InChI is InChI=1S/C20H20N4O9/c1-12-16(19(25)31-8-4-7-21)18(14-5-3-6-15(11-14)23(27)28)17(13(2)22-12)20(26)32-9-10-33-24(29)30/h3,5-6,11,18,22H,4,8-10H2,1-2H3. The summed E-state index contributed by atoms with van der Waals surface area (Å²) in [5, 5.41) is 32.1.